The molecule has 1 fully saturated rings. The number of ether oxygens (including phenoxy) is 1. The van der Waals surface area contributed by atoms with Gasteiger partial charge in [-0.25, -0.2) is 10.2 Å². The molecule has 0 aromatic rings. The van der Waals surface area contributed by atoms with Crippen LogP contribution in [0, 0.1) is 0 Å². The lowest BCUT2D eigenvalue weighted by molar-refractivity contribution is -0.146. The molecule has 0 saturated carbocycles. The number of nitrogens with zero attached hydrogens (tertiary/aromatic N) is 1. The second-order valence-corrected chi connectivity index (χ2v) is 4.24. The minimum Gasteiger partial charge on any atom is -0.479 e. The van der Waals surface area contributed by atoms with Crippen molar-refractivity contribution in [2.75, 3.05) is 13.2 Å². The highest BCUT2D eigenvalue weighted by Gasteiger charge is 2.44. The monoisotopic (exact) mass is 255 g/mol. The first kappa shape index (κ1) is 12.5. The number of carboxylic acid groups (broad SMARTS) is 1. The summed E-state index contributed by atoms with van der Waals surface area (Å²) in [5, 5.41) is 15.2. The van der Waals surface area contributed by atoms with Crippen molar-refractivity contribution in [3.05, 3.63) is 0 Å². The summed E-state index contributed by atoms with van der Waals surface area (Å²) in [6.07, 6.45) is 0.588. The van der Waals surface area contributed by atoms with E-state index in [1.807, 2.05) is 0 Å². The third kappa shape index (κ3) is 2.33. The Morgan fingerprint density at radius 1 is 1.44 bits per heavy atom. The third-order valence-corrected chi connectivity index (χ3v) is 2.95. The first-order chi connectivity index (χ1) is 8.53. The van der Waals surface area contributed by atoms with Crippen LogP contribution >= 0.6 is 0 Å². The lowest BCUT2D eigenvalue weighted by Gasteiger charge is -2.24. The Bertz CT molecular complexity index is 425. The van der Waals surface area contributed by atoms with Gasteiger partial charge in [0.1, 0.15) is 5.71 Å². The Labute approximate surface area is 102 Å². The van der Waals surface area contributed by atoms with Crippen LogP contribution in [0.5, 0.6) is 0 Å². The fourth-order valence-electron chi connectivity index (χ4n) is 1.81. The van der Waals surface area contributed by atoms with E-state index < -0.39 is 17.4 Å². The van der Waals surface area contributed by atoms with Crippen molar-refractivity contribution in [2.45, 2.75) is 24.8 Å². The Morgan fingerprint density at radius 2 is 2.22 bits per heavy atom. The summed E-state index contributed by atoms with van der Waals surface area (Å²) in [6, 6.07) is 0. The van der Waals surface area contributed by atoms with E-state index in [1.165, 1.54) is 0 Å². The zero-order valence-electron chi connectivity index (χ0n) is 9.56. The molecule has 1 atom stereocenters. The van der Waals surface area contributed by atoms with Crippen molar-refractivity contribution in [3.63, 3.8) is 0 Å². The van der Waals surface area contributed by atoms with E-state index >= 15 is 0 Å². The molecule has 2 aliphatic rings. The maximum atomic E-state index is 11.9. The van der Waals surface area contributed by atoms with Gasteiger partial charge in [0.2, 0.25) is 5.91 Å². The molecule has 1 saturated heterocycles. The van der Waals surface area contributed by atoms with Crippen molar-refractivity contribution in [3.8, 4) is 0 Å². The molecule has 0 aromatic heterocycles. The highest BCUT2D eigenvalue weighted by Crippen LogP contribution is 2.19. The molecular formula is C10H13N3O5. The lowest BCUT2D eigenvalue weighted by atomic mass is 9.98. The van der Waals surface area contributed by atoms with Gasteiger partial charge in [-0.1, -0.05) is 0 Å². The van der Waals surface area contributed by atoms with Gasteiger partial charge in [-0.15, -0.1) is 0 Å². The van der Waals surface area contributed by atoms with E-state index in [1.54, 1.807) is 0 Å². The summed E-state index contributed by atoms with van der Waals surface area (Å²) in [5.74, 6) is -1.97. The number of hydrazone groups is 1. The average molecular weight is 255 g/mol. The first-order valence-electron chi connectivity index (χ1n) is 5.52. The van der Waals surface area contributed by atoms with Gasteiger partial charge in [-0.05, 0) is 0 Å². The largest absolute Gasteiger partial charge is 0.479 e. The van der Waals surface area contributed by atoms with E-state index in [0.29, 0.717) is 0 Å². The van der Waals surface area contributed by atoms with E-state index in [-0.39, 0.29) is 44.1 Å². The molecule has 2 heterocycles. The molecule has 3 N–H and O–H groups in total. The topological polar surface area (TPSA) is 117 Å². The quantitative estimate of drug-likeness (QED) is 0.574. The van der Waals surface area contributed by atoms with Gasteiger partial charge in [-0.3, -0.25) is 9.59 Å². The fourth-order valence-corrected chi connectivity index (χ4v) is 1.81. The third-order valence-electron chi connectivity index (χ3n) is 2.95. The zero-order valence-corrected chi connectivity index (χ0v) is 9.56. The maximum Gasteiger partial charge on any atom is 0.331 e. The molecule has 0 bridgehead atoms. The predicted molar refractivity (Wildman–Crippen MR) is 58.8 cm³/mol. The number of nitrogens with one attached hydrogen (secondary N) is 2. The van der Waals surface area contributed by atoms with Crippen LogP contribution in [0.4, 0.5) is 0 Å². The smallest absolute Gasteiger partial charge is 0.331 e. The number of rotatable bonds is 3. The van der Waals surface area contributed by atoms with Gasteiger partial charge < -0.3 is 15.2 Å². The van der Waals surface area contributed by atoms with E-state index in [4.69, 9.17) is 9.84 Å². The molecule has 0 spiro atoms. The highest BCUT2D eigenvalue weighted by atomic mass is 16.5. The second kappa shape index (κ2) is 4.73. The van der Waals surface area contributed by atoms with Crippen molar-refractivity contribution < 1.29 is 24.2 Å². The maximum absolute atomic E-state index is 11.9. The Kier molecular flexibility index (Phi) is 3.28. The molecule has 8 heteroatoms. The fraction of sp³-hybridized carbons (Fsp3) is 0.600. The van der Waals surface area contributed by atoms with Crippen LogP contribution in [0.1, 0.15) is 19.3 Å². The van der Waals surface area contributed by atoms with Crippen LogP contribution in [-0.2, 0) is 19.1 Å². The van der Waals surface area contributed by atoms with Crippen molar-refractivity contribution in [1.29, 1.82) is 0 Å². The number of carbonyl (C=O) groups excluding carboxylic acids is 2. The summed E-state index contributed by atoms with van der Waals surface area (Å²) in [5.41, 5.74) is 0.928. The second-order valence-electron chi connectivity index (χ2n) is 4.24. The number of hydrogen-bond donors (Lipinski definition) is 3. The Hall–Kier alpha value is -1.96. The minimum atomic E-state index is -1.39. The van der Waals surface area contributed by atoms with Crippen LogP contribution in [-0.4, -0.2) is 47.4 Å². The van der Waals surface area contributed by atoms with E-state index in [2.05, 4.69) is 15.8 Å². The van der Waals surface area contributed by atoms with Gasteiger partial charge in [0, 0.05) is 25.9 Å². The van der Waals surface area contributed by atoms with Crippen molar-refractivity contribution >= 4 is 23.5 Å². The summed E-state index contributed by atoms with van der Waals surface area (Å²) in [4.78, 5) is 33.9. The lowest BCUT2D eigenvalue weighted by Crippen LogP contribution is -2.57. The Morgan fingerprint density at radius 3 is 2.72 bits per heavy atom. The molecule has 18 heavy (non-hydrogen) atoms. The molecule has 2 rings (SSSR count). The molecule has 0 aromatic carbocycles. The average Bonchev–Trinajstić information content (AvgIpc) is 2.79. The molecule has 2 aliphatic heterocycles. The molecule has 0 radical (unpaired) electrons. The number of carboxylic acids is 1. The van der Waals surface area contributed by atoms with Gasteiger partial charge in [0.05, 0.1) is 6.61 Å². The predicted octanol–water partition coefficient (Wildman–Crippen LogP) is -1.39. The summed E-state index contributed by atoms with van der Waals surface area (Å²) in [7, 11) is 0. The molecule has 1 unspecified atom stereocenters. The van der Waals surface area contributed by atoms with Gasteiger partial charge in [0.15, 0.2) is 5.54 Å². The SMILES string of the molecule is O=C1CCC(C(=O)NC2(C(=O)O)CCOC2)=NN1. The summed E-state index contributed by atoms with van der Waals surface area (Å²) < 4.78 is 5.02. The first-order valence-corrected chi connectivity index (χ1v) is 5.52. The number of carbonyl (C=O) groups is 3. The molecule has 0 aliphatic carbocycles. The Balaban J connectivity index is 2.06. The molecular weight excluding hydrogens is 242 g/mol. The number of aliphatic carboxylic acids is 1. The van der Waals surface area contributed by atoms with Gasteiger partial charge >= 0.3 is 5.97 Å². The van der Waals surface area contributed by atoms with Crippen LogP contribution in [0.15, 0.2) is 5.10 Å². The summed E-state index contributed by atoms with van der Waals surface area (Å²) in [6.45, 7) is 0.226. The van der Waals surface area contributed by atoms with E-state index in [0.717, 1.165) is 0 Å². The highest BCUT2D eigenvalue weighted by molar-refractivity contribution is 6.40. The van der Waals surface area contributed by atoms with Crippen molar-refractivity contribution in [1.82, 2.24) is 10.7 Å². The zero-order chi connectivity index (χ0) is 13.2. The van der Waals surface area contributed by atoms with Gasteiger partial charge in [0.25, 0.3) is 5.91 Å². The minimum absolute atomic E-state index is 0.0618. The van der Waals surface area contributed by atoms with Crippen LogP contribution in [0.2, 0.25) is 0 Å². The van der Waals surface area contributed by atoms with Crippen LogP contribution in [0.3, 0.4) is 0 Å². The van der Waals surface area contributed by atoms with Gasteiger partial charge in [-0.2, -0.15) is 5.10 Å². The number of amides is 2. The standard InChI is InChI=1S/C10H13N3O5/c14-7-2-1-6(12-13-7)8(15)11-10(9(16)17)3-4-18-5-10/h1-5H2,(H,11,15)(H,13,14)(H,16,17). The van der Waals surface area contributed by atoms with Crippen LogP contribution in [0.25, 0.3) is 0 Å². The number of hydrogen-bond acceptors (Lipinski definition) is 5. The molecule has 2 amide bonds. The van der Waals surface area contributed by atoms with Crippen LogP contribution < -0.4 is 10.7 Å². The molecule has 98 valence electrons. The summed E-state index contributed by atoms with van der Waals surface area (Å²) >= 11 is 0. The normalized spacial score (nSPS) is 27.3. The van der Waals surface area contributed by atoms with Crippen molar-refractivity contribution in [2.24, 2.45) is 5.10 Å². The van der Waals surface area contributed by atoms with E-state index in [9.17, 15) is 14.4 Å². The molecule has 8 nitrogen and oxygen atoms in total.